The summed E-state index contributed by atoms with van der Waals surface area (Å²) in [5.74, 6) is 2.34. The van der Waals surface area contributed by atoms with Gasteiger partial charge in [-0.05, 0) is 50.8 Å². The van der Waals surface area contributed by atoms with E-state index >= 15 is 0 Å². The van der Waals surface area contributed by atoms with Crippen LogP contribution >= 0.6 is 0 Å². The summed E-state index contributed by atoms with van der Waals surface area (Å²) in [5.41, 5.74) is 7.18. The summed E-state index contributed by atoms with van der Waals surface area (Å²) in [6, 6.07) is 8.37. The van der Waals surface area contributed by atoms with Crippen LogP contribution < -0.4 is 10.5 Å². The summed E-state index contributed by atoms with van der Waals surface area (Å²) >= 11 is 0. The van der Waals surface area contributed by atoms with Crippen LogP contribution in [-0.2, 0) is 0 Å². The van der Waals surface area contributed by atoms with Crippen molar-refractivity contribution in [1.82, 2.24) is 0 Å². The third kappa shape index (κ3) is 3.97. The monoisotopic (exact) mass is 261 g/mol. The first kappa shape index (κ1) is 14.4. The molecule has 0 bridgehead atoms. The molecule has 1 aromatic carbocycles. The highest BCUT2D eigenvalue weighted by atomic mass is 16.5. The molecule has 2 N–H and O–H groups in total. The Hall–Kier alpha value is -1.02. The molecule has 3 unspecified atom stereocenters. The van der Waals surface area contributed by atoms with Crippen LogP contribution in [0.1, 0.15) is 44.6 Å². The largest absolute Gasteiger partial charge is 0.490 e. The number of rotatable bonds is 5. The Morgan fingerprint density at radius 1 is 1.21 bits per heavy atom. The average molecular weight is 261 g/mol. The van der Waals surface area contributed by atoms with Crippen LogP contribution in [0.2, 0.25) is 0 Å². The van der Waals surface area contributed by atoms with Gasteiger partial charge in [0.05, 0.1) is 0 Å². The van der Waals surface area contributed by atoms with E-state index in [9.17, 15) is 0 Å². The van der Waals surface area contributed by atoms with Gasteiger partial charge in [-0.2, -0.15) is 0 Å². The summed E-state index contributed by atoms with van der Waals surface area (Å²) in [5, 5.41) is 0. The molecule has 3 atom stereocenters. The first-order valence-electron chi connectivity index (χ1n) is 7.66. The SMILES string of the molecule is CCCC1CCC(CN)C(Oc2ccc(C)cc2)C1. The molecular formula is C17H27NO. The number of hydrogen-bond donors (Lipinski definition) is 1. The number of ether oxygens (including phenoxy) is 1. The minimum atomic E-state index is 0.304. The summed E-state index contributed by atoms with van der Waals surface area (Å²) < 4.78 is 6.21. The minimum Gasteiger partial charge on any atom is -0.490 e. The Labute approximate surface area is 117 Å². The fraction of sp³-hybridized carbons (Fsp3) is 0.647. The predicted octanol–water partition coefficient (Wildman–Crippen LogP) is 3.92. The smallest absolute Gasteiger partial charge is 0.119 e. The summed E-state index contributed by atoms with van der Waals surface area (Å²) in [4.78, 5) is 0. The molecule has 1 aliphatic carbocycles. The van der Waals surface area contributed by atoms with E-state index < -0.39 is 0 Å². The number of aryl methyl sites for hydroxylation is 1. The van der Waals surface area contributed by atoms with Gasteiger partial charge in [0.15, 0.2) is 0 Å². The topological polar surface area (TPSA) is 35.2 Å². The van der Waals surface area contributed by atoms with Crippen LogP contribution in [-0.4, -0.2) is 12.6 Å². The Morgan fingerprint density at radius 2 is 1.95 bits per heavy atom. The lowest BCUT2D eigenvalue weighted by molar-refractivity contribution is 0.0669. The van der Waals surface area contributed by atoms with Crippen LogP contribution in [0, 0.1) is 18.8 Å². The van der Waals surface area contributed by atoms with E-state index in [2.05, 4.69) is 38.1 Å². The Kier molecular flexibility index (Phi) is 5.26. The summed E-state index contributed by atoms with van der Waals surface area (Å²) in [6.45, 7) is 5.12. The first-order chi connectivity index (χ1) is 9.22. The maximum Gasteiger partial charge on any atom is 0.119 e. The number of benzene rings is 1. The van der Waals surface area contributed by atoms with Crippen molar-refractivity contribution in [2.75, 3.05) is 6.54 Å². The van der Waals surface area contributed by atoms with E-state index in [0.717, 1.165) is 18.2 Å². The molecule has 2 heteroatoms. The first-order valence-corrected chi connectivity index (χ1v) is 7.66. The summed E-state index contributed by atoms with van der Waals surface area (Å²) in [6.07, 6.45) is 6.61. The molecule has 19 heavy (non-hydrogen) atoms. The van der Waals surface area contributed by atoms with Gasteiger partial charge >= 0.3 is 0 Å². The van der Waals surface area contributed by atoms with Crippen LogP contribution in [0.25, 0.3) is 0 Å². The van der Waals surface area contributed by atoms with E-state index in [-0.39, 0.29) is 0 Å². The van der Waals surface area contributed by atoms with Crippen molar-refractivity contribution in [1.29, 1.82) is 0 Å². The quantitative estimate of drug-likeness (QED) is 0.872. The lowest BCUT2D eigenvalue weighted by Crippen LogP contribution is -2.38. The van der Waals surface area contributed by atoms with Gasteiger partial charge in [-0.15, -0.1) is 0 Å². The predicted molar refractivity (Wildman–Crippen MR) is 80.4 cm³/mol. The summed E-state index contributed by atoms with van der Waals surface area (Å²) in [7, 11) is 0. The zero-order valence-electron chi connectivity index (χ0n) is 12.3. The molecule has 0 spiro atoms. The van der Waals surface area contributed by atoms with Crippen molar-refractivity contribution in [3.63, 3.8) is 0 Å². The van der Waals surface area contributed by atoms with Crippen molar-refractivity contribution < 1.29 is 4.74 Å². The average Bonchev–Trinajstić information content (AvgIpc) is 2.42. The molecule has 106 valence electrons. The second-order valence-corrected chi connectivity index (χ2v) is 5.93. The van der Waals surface area contributed by atoms with Crippen molar-refractivity contribution in [3.8, 4) is 5.75 Å². The zero-order chi connectivity index (χ0) is 13.7. The molecule has 0 saturated heterocycles. The molecule has 2 nitrogen and oxygen atoms in total. The zero-order valence-corrected chi connectivity index (χ0v) is 12.3. The number of hydrogen-bond acceptors (Lipinski definition) is 2. The van der Waals surface area contributed by atoms with E-state index in [4.69, 9.17) is 10.5 Å². The second-order valence-electron chi connectivity index (χ2n) is 5.93. The lowest BCUT2D eigenvalue weighted by atomic mass is 9.78. The van der Waals surface area contributed by atoms with Crippen molar-refractivity contribution in [3.05, 3.63) is 29.8 Å². The van der Waals surface area contributed by atoms with E-state index in [0.29, 0.717) is 12.0 Å². The highest BCUT2D eigenvalue weighted by Crippen LogP contribution is 2.34. The Bertz CT molecular complexity index is 373. The fourth-order valence-electron chi connectivity index (χ4n) is 3.15. The Balaban J connectivity index is 1.99. The van der Waals surface area contributed by atoms with E-state index in [1.165, 1.54) is 37.7 Å². The molecule has 0 heterocycles. The van der Waals surface area contributed by atoms with Gasteiger partial charge in [0, 0.05) is 5.92 Å². The molecule has 0 radical (unpaired) electrons. The van der Waals surface area contributed by atoms with Crippen LogP contribution in [0.5, 0.6) is 5.75 Å². The van der Waals surface area contributed by atoms with Gasteiger partial charge in [0.25, 0.3) is 0 Å². The van der Waals surface area contributed by atoms with Crippen LogP contribution in [0.15, 0.2) is 24.3 Å². The standard InChI is InChI=1S/C17H27NO/c1-3-4-14-7-8-15(12-18)17(11-14)19-16-9-5-13(2)6-10-16/h5-6,9-10,14-15,17H,3-4,7-8,11-12,18H2,1-2H3. The normalized spacial score (nSPS) is 27.2. The molecular weight excluding hydrogens is 234 g/mol. The third-order valence-corrected chi connectivity index (χ3v) is 4.35. The highest BCUT2D eigenvalue weighted by molar-refractivity contribution is 5.26. The molecule has 1 saturated carbocycles. The van der Waals surface area contributed by atoms with Crippen LogP contribution in [0.4, 0.5) is 0 Å². The van der Waals surface area contributed by atoms with Gasteiger partial charge in [-0.3, -0.25) is 0 Å². The van der Waals surface area contributed by atoms with Gasteiger partial charge < -0.3 is 10.5 Å². The Morgan fingerprint density at radius 3 is 2.58 bits per heavy atom. The minimum absolute atomic E-state index is 0.304. The molecule has 0 aliphatic heterocycles. The van der Waals surface area contributed by atoms with E-state index in [1.54, 1.807) is 0 Å². The van der Waals surface area contributed by atoms with Crippen molar-refractivity contribution in [2.45, 2.75) is 52.1 Å². The maximum absolute atomic E-state index is 6.21. The molecule has 1 aliphatic rings. The molecule has 0 amide bonds. The van der Waals surface area contributed by atoms with Crippen molar-refractivity contribution in [2.24, 2.45) is 17.6 Å². The second kappa shape index (κ2) is 6.95. The highest BCUT2D eigenvalue weighted by Gasteiger charge is 2.30. The lowest BCUT2D eigenvalue weighted by Gasteiger charge is -2.35. The van der Waals surface area contributed by atoms with E-state index in [1.807, 2.05) is 0 Å². The maximum atomic E-state index is 6.21. The fourth-order valence-corrected chi connectivity index (χ4v) is 3.15. The van der Waals surface area contributed by atoms with Gasteiger partial charge in [0.2, 0.25) is 0 Å². The van der Waals surface area contributed by atoms with Crippen molar-refractivity contribution >= 4 is 0 Å². The number of nitrogens with two attached hydrogens (primary N) is 1. The molecule has 1 fully saturated rings. The molecule has 1 aromatic rings. The van der Waals surface area contributed by atoms with Gasteiger partial charge in [0.1, 0.15) is 11.9 Å². The van der Waals surface area contributed by atoms with Crippen LogP contribution in [0.3, 0.4) is 0 Å². The third-order valence-electron chi connectivity index (χ3n) is 4.35. The molecule has 0 aromatic heterocycles. The van der Waals surface area contributed by atoms with Gasteiger partial charge in [-0.25, -0.2) is 0 Å². The van der Waals surface area contributed by atoms with Gasteiger partial charge in [-0.1, -0.05) is 37.5 Å². The molecule has 2 rings (SSSR count).